The van der Waals surface area contributed by atoms with E-state index in [4.69, 9.17) is 16.3 Å². The van der Waals surface area contributed by atoms with Gasteiger partial charge in [0.25, 0.3) is 0 Å². The number of aromatic nitrogens is 4. The minimum absolute atomic E-state index is 0.000910. The number of halogens is 1. The fourth-order valence-corrected chi connectivity index (χ4v) is 3.00. The Balaban J connectivity index is 1.74. The van der Waals surface area contributed by atoms with E-state index in [1.54, 1.807) is 6.20 Å². The monoisotopic (exact) mass is 300 g/mol. The summed E-state index contributed by atoms with van der Waals surface area (Å²) in [6.07, 6.45) is 4.84. The molecule has 0 bridgehead atoms. The van der Waals surface area contributed by atoms with Crippen LogP contribution in [0.3, 0.4) is 0 Å². The van der Waals surface area contributed by atoms with Crippen LogP contribution in [0.4, 0.5) is 0 Å². The lowest BCUT2D eigenvalue weighted by molar-refractivity contribution is 0.178. The number of aryl methyl sites for hydroxylation is 1. The standard InChI is InChI=1S/C15H13ClN4O/c16-15-18-13-11(8-17-20-13)14(19-15)21-12-7-3-5-9-4-1-2-6-10(9)12/h1-2,4,6,8,12H,3,5,7H2,(H,17,18,19,20). The van der Waals surface area contributed by atoms with Gasteiger partial charge in [-0.15, -0.1) is 0 Å². The second kappa shape index (κ2) is 5.00. The van der Waals surface area contributed by atoms with E-state index in [9.17, 15) is 0 Å². The van der Waals surface area contributed by atoms with Crippen molar-refractivity contribution in [1.82, 2.24) is 20.2 Å². The summed E-state index contributed by atoms with van der Waals surface area (Å²) >= 11 is 5.95. The number of fused-ring (bicyclic) bond motifs is 2. The van der Waals surface area contributed by atoms with Gasteiger partial charge in [-0.2, -0.15) is 15.1 Å². The van der Waals surface area contributed by atoms with Crippen molar-refractivity contribution in [2.45, 2.75) is 25.4 Å². The van der Waals surface area contributed by atoms with Crippen LogP contribution in [0.1, 0.15) is 30.1 Å². The molecule has 6 heteroatoms. The van der Waals surface area contributed by atoms with Crippen LogP contribution < -0.4 is 4.74 Å². The molecular weight excluding hydrogens is 288 g/mol. The molecule has 0 saturated heterocycles. The average Bonchev–Trinajstić information content (AvgIpc) is 2.96. The number of hydrogen-bond acceptors (Lipinski definition) is 4. The van der Waals surface area contributed by atoms with Gasteiger partial charge >= 0.3 is 0 Å². The van der Waals surface area contributed by atoms with Gasteiger partial charge in [0.15, 0.2) is 5.65 Å². The van der Waals surface area contributed by atoms with E-state index in [2.05, 4.69) is 38.4 Å². The first-order chi connectivity index (χ1) is 10.3. The van der Waals surface area contributed by atoms with Crippen LogP contribution in [0, 0.1) is 0 Å². The topological polar surface area (TPSA) is 63.7 Å². The van der Waals surface area contributed by atoms with Crippen LogP contribution in [0.15, 0.2) is 30.5 Å². The quantitative estimate of drug-likeness (QED) is 0.736. The number of nitrogens with one attached hydrogen (secondary N) is 1. The number of nitrogens with zero attached hydrogens (tertiary/aromatic N) is 3. The van der Waals surface area contributed by atoms with Gasteiger partial charge in [-0.05, 0) is 42.0 Å². The summed E-state index contributed by atoms with van der Waals surface area (Å²) in [6, 6.07) is 8.39. The molecule has 0 amide bonds. The predicted octanol–water partition coefficient (Wildman–Crippen LogP) is 3.46. The Morgan fingerprint density at radius 3 is 3.10 bits per heavy atom. The molecule has 1 aliphatic rings. The molecule has 1 N–H and O–H groups in total. The highest BCUT2D eigenvalue weighted by molar-refractivity contribution is 6.28. The lowest BCUT2D eigenvalue weighted by Gasteiger charge is -2.25. The number of aromatic amines is 1. The molecule has 5 nitrogen and oxygen atoms in total. The molecule has 0 saturated carbocycles. The molecule has 4 rings (SSSR count). The van der Waals surface area contributed by atoms with Crippen molar-refractivity contribution < 1.29 is 4.74 Å². The highest BCUT2D eigenvalue weighted by Crippen LogP contribution is 2.35. The molecule has 0 fully saturated rings. The fraction of sp³-hybridized carbons (Fsp3) is 0.267. The highest BCUT2D eigenvalue weighted by Gasteiger charge is 2.23. The van der Waals surface area contributed by atoms with Gasteiger partial charge in [-0.3, -0.25) is 5.10 Å². The summed E-state index contributed by atoms with van der Waals surface area (Å²) in [6.45, 7) is 0. The molecule has 2 heterocycles. The predicted molar refractivity (Wildman–Crippen MR) is 79.4 cm³/mol. The minimum Gasteiger partial charge on any atom is -0.469 e. The first-order valence-corrected chi connectivity index (χ1v) is 7.30. The Labute approximate surface area is 126 Å². The van der Waals surface area contributed by atoms with Gasteiger partial charge in [0.05, 0.1) is 6.20 Å². The van der Waals surface area contributed by atoms with Crippen molar-refractivity contribution in [2.24, 2.45) is 0 Å². The summed E-state index contributed by atoms with van der Waals surface area (Å²) in [5.74, 6) is 0.487. The summed E-state index contributed by atoms with van der Waals surface area (Å²) in [5, 5.41) is 7.68. The number of benzene rings is 1. The van der Waals surface area contributed by atoms with Gasteiger partial charge in [-0.25, -0.2) is 0 Å². The molecule has 1 aromatic carbocycles. The van der Waals surface area contributed by atoms with Crippen molar-refractivity contribution in [3.8, 4) is 5.88 Å². The number of ether oxygens (including phenoxy) is 1. The van der Waals surface area contributed by atoms with Gasteiger partial charge in [0.1, 0.15) is 11.5 Å². The van der Waals surface area contributed by atoms with Crippen molar-refractivity contribution in [3.63, 3.8) is 0 Å². The zero-order chi connectivity index (χ0) is 14.2. The molecule has 3 aromatic rings. The summed E-state index contributed by atoms with van der Waals surface area (Å²) in [7, 11) is 0. The molecule has 1 unspecified atom stereocenters. The largest absolute Gasteiger partial charge is 0.469 e. The molecule has 0 radical (unpaired) electrons. The third kappa shape index (κ3) is 2.23. The third-order valence-electron chi connectivity index (χ3n) is 3.82. The maximum Gasteiger partial charge on any atom is 0.229 e. The zero-order valence-electron chi connectivity index (χ0n) is 11.2. The van der Waals surface area contributed by atoms with Crippen molar-refractivity contribution >= 4 is 22.6 Å². The smallest absolute Gasteiger partial charge is 0.229 e. The van der Waals surface area contributed by atoms with Gasteiger partial charge in [0.2, 0.25) is 11.2 Å². The third-order valence-corrected chi connectivity index (χ3v) is 3.98. The minimum atomic E-state index is -0.000910. The average molecular weight is 301 g/mol. The van der Waals surface area contributed by atoms with Crippen LogP contribution in [0.2, 0.25) is 5.28 Å². The Kier molecular flexibility index (Phi) is 3.00. The van der Waals surface area contributed by atoms with E-state index in [0.29, 0.717) is 11.5 Å². The SMILES string of the molecule is Clc1nc(OC2CCCc3ccccc32)c2cn[nH]c2n1. The molecular formula is C15H13ClN4O. The van der Waals surface area contributed by atoms with E-state index in [1.165, 1.54) is 11.1 Å². The summed E-state index contributed by atoms with van der Waals surface area (Å²) in [5.41, 5.74) is 3.17. The van der Waals surface area contributed by atoms with Crippen LogP contribution >= 0.6 is 11.6 Å². The van der Waals surface area contributed by atoms with Gasteiger partial charge in [-0.1, -0.05) is 24.3 Å². The lowest BCUT2D eigenvalue weighted by atomic mass is 9.89. The molecule has 21 heavy (non-hydrogen) atoms. The maximum absolute atomic E-state index is 6.14. The van der Waals surface area contributed by atoms with Crippen molar-refractivity contribution in [2.75, 3.05) is 0 Å². The molecule has 1 aliphatic carbocycles. The molecule has 0 spiro atoms. The summed E-state index contributed by atoms with van der Waals surface area (Å²) in [4.78, 5) is 8.30. The van der Waals surface area contributed by atoms with E-state index in [1.807, 2.05) is 6.07 Å². The maximum atomic E-state index is 6.14. The normalized spacial score (nSPS) is 17.7. The second-order valence-electron chi connectivity index (χ2n) is 5.13. The number of rotatable bonds is 2. The van der Waals surface area contributed by atoms with Crippen LogP contribution in [-0.2, 0) is 6.42 Å². The Bertz CT molecular complexity index is 801. The zero-order valence-corrected chi connectivity index (χ0v) is 12.0. The Hall–Kier alpha value is -2.14. The highest BCUT2D eigenvalue weighted by atomic mass is 35.5. The van der Waals surface area contributed by atoms with E-state index >= 15 is 0 Å². The van der Waals surface area contributed by atoms with Gasteiger partial charge in [0, 0.05) is 0 Å². The Morgan fingerprint density at radius 2 is 2.14 bits per heavy atom. The van der Waals surface area contributed by atoms with E-state index in [-0.39, 0.29) is 11.4 Å². The molecule has 0 aliphatic heterocycles. The lowest BCUT2D eigenvalue weighted by Crippen LogP contribution is -2.15. The second-order valence-corrected chi connectivity index (χ2v) is 5.47. The molecule has 2 aromatic heterocycles. The van der Waals surface area contributed by atoms with E-state index in [0.717, 1.165) is 24.6 Å². The van der Waals surface area contributed by atoms with Crippen molar-refractivity contribution in [1.29, 1.82) is 0 Å². The molecule has 1 atom stereocenters. The van der Waals surface area contributed by atoms with Crippen LogP contribution in [0.5, 0.6) is 5.88 Å². The summed E-state index contributed by atoms with van der Waals surface area (Å²) < 4.78 is 6.14. The van der Waals surface area contributed by atoms with Crippen LogP contribution in [-0.4, -0.2) is 20.2 Å². The number of H-pyrrole nitrogens is 1. The number of hydrogen-bond donors (Lipinski definition) is 1. The van der Waals surface area contributed by atoms with Crippen LogP contribution in [0.25, 0.3) is 11.0 Å². The fourth-order valence-electron chi connectivity index (χ4n) is 2.84. The van der Waals surface area contributed by atoms with E-state index < -0.39 is 0 Å². The first kappa shape index (κ1) is 12.6. The first-order valence-electron chi connectivity index (χ1n) is 6.92. The Morgan fingerprint density at radius 1 is 1.24 bits per heavy atom. The van der Waals surface area contributed by atoms with Gasteiger partial charge < -0.3 is 4.74 Å². The molecule has 106 valence electrons. The van der Waals surface area contributed by atoms with Crippen molar-refractivity contribution in [3.05, 3.63) is 46.9 Å².